The molecule has 1 saturated carbocycles. The van der Waals surface area contributed by atoms with E-state index in [4.69, 9.17) is 0 Å². The van der Waals surface area contributed by atoms with Gasteiger partial charge in [-0.1, -0.05) is 0 Å². The second kappa shape index (κ2) is 7.36. The van der Waals surface area contributed by atoms with Crippen molar-refractivity contribution < 1.29 is 18.0 Å². The molecule has 3 rings (SSSR count). The van der Waals surface area contributed by atoms with Crippen LogP contribution in [0.3, 0.4) is 0 Å². The van der Waals surface area contributed by atoms with E-state index in [0.717, 1.165) is 24.6 Å². The van der Waals surface area contributed by atoms with Crippen molar-refractivity contribution in [3.05, 3.63) is 34.4 Å². The molecule has 2 aromatic rings. The third kappa shape index (κ3) is 4.17. The van der Waals surface area contributed by atoms with E-state index in [0.29, 0.717) is 43.0 Å². The van der Waals surface area contributed by atoms with Crippen LogP contribution >= 0.6 is 0 Å². The summed E-state index contributed by atoms with van der Waals surface area (Å²) >= 11 is 0. The summed E-state index contributed by atoms with van der Waals surface area (Å²) in [6.45, 7) is 6.98. The van der Waals surface area contributed by atoms with Gasteiger partial charge in [-0.3, -0.25) is 14.2 Å². The molecule has 0 unspecified atom stereocenters. The van der Waals surface area contributed by atoms with Gasteiger partial charge in [0, 0.05) is 36.9 Å². The summed E-state index contributed by atoms with van der Waals surface area (Å²) < 4.78 is 42.0. The summed E-state index contributed by atoms with van der Waals surface area (Å²) in [5.74, 6) is -0.0306. The summed E-state index contributed by atoms with van der Waals surface area (Å²) in [5, 5.41) is 10.9. The monoisotopic (exact) mass is 383 g/mol. The first-order valence-corrected chi connectivity index (χ1v) is 9.19. The number of aromatic nitrogens is 4. The number of alkyl halides is 3. The number of halogens is 3. The number of rotatable bonds is 7. The van der Waals surface area contributed by atoms with E-state index in [1.807, 2.05) is 13.8 Å². The van der Waals surface area contributed by atoms with Gasteiger partial charge in [-0.15, -0.1) is 0 Å². The topological polar surface area (TPSA) is 64.7 Å². The minimum atomic E-state index is -4.43. The minimum Gasteiger partial charge on any atom is -0.352 e. The molecule has 1 aliphatic rings. The van der Waals surface area contributed by atoms with Crippen LogP contribution in [0.15, 0.2) is 6.07 Å². The largest absolute Gasteiger partial charge is 0.435 e. The van der Waals surface area contributed by atoms with Crippen molar-refractivity contribution in [2.24, 2.45) is 0 Å². The van der Waals surface area contributed by atoms with Crippen molar-refractivity contribution in [2.75, 3.05) is 6.54 Å². The summed E-state index contributed by atoms with van der Waals surface area (Å²) in [7, 11) is 0. The Morgan fingerprint density at radius 1 is 1.26 bits per heavy atom. The number of nitrogens with zero attached hydrogens (tertiary/aromatic N) is 4. The average molecular weight is 383 g/mol. The van der Waals surface area contributed by atoms with Crippen molar-refractivity contribution in [1.82, 2.24) is 24.9 Å². The fourth-order valence-corrected chi connectivity index (χ4v) is 3.31. The van der Waals surface area contributed by atoms with Crippen LogP contribution in [-0.2, 0) is 19.3 Å². The Kier molecular flexibility index (Phi) is 5.30. The van der Waals surface area contributed by atoms with Gasteiger partial charge in [0.25, 0.3) is 5.91 Å². The number of nitrogens with one attached hydrogen (secondary N) is 1. The molecule has 0 bridgehead atoms. The van der Waals surface area contributed by atoms with Gasteiger partial charge in [0.1, 0.15) is 0 Å². The Bertz CT molecular complexity index is 833. The molecule has 1 aliphatic carbocycles. The van der Waals surface area contributed by atoms with Crippen LogP contribution in [0.4, 0.5) is 13.2 Å². The molecule has 1 fully saturated rings. The second-order valence-electron chi connectivity index (χ2n) is 6.92. The van der Waals surface area contributed by atoms with Gasteiger partial charge in [-0.2, -0.15) is 23.4 Å². The number of aryl methyl sites for hydroxylation is 3. The lowest BCUT2D eigenvalue weighted by Gasteiger charge is -2.08. The predicted molar refractivity (Wildman–Crippen MR) is 93.5 cm³/mol. The smallest absolute Gasteiger partial charge is 0.352 e. The van der Waals surface area contributed by atoms with E-state index < -0.39 is 11.9 Å². The molecule has 1 amide bonds. The highest BCUT2D eigenvalue weighted by Crippen LogP contribution is 2.42. The minimum absolute atomic E-state index is 0.174. The van der Waals surface area contributed by atoms with Crippen molar-refractivity contribution in [1.29, 1.82) is 0 Å². The summed E-state index contributed by atoms with van der Waals surface area (Å²) in [6, 6.07) is 1.15. The number of carbonyl (C=O) groups excluding carboxylic acids is 1. The maximum atomic E-state index is 12.9. The van der Waals surface area contributed by atoms with Gasteiger partial charge < -0.3 is 5.32 Å². The van der Waals surface area contributed by atoms with Gasteiger partial charge >= 0.3 is 6.18 Å². The molecule has 0 radical (unpaired) electrons. The lowest BCUT2D eigenvalue weighted by Crippen LogP contribution is -2.26. The van der Waals surface area contributed by atoms with E-state index in [1.165, 1.54) is 4.68 Å². The van der Waals surface area contributed by atoms with Gasteiger partial charge in [0.15, 0.2) is 5.69 Å². The van der Waals surface area contributed by atoms with Crippen LogP contribution in [0.5, 0.6) is 0 Å². The van der Waals surface area contributed by atoms with Gasteiger partial charge in [0.05, 0.1) is 11.3 Å². The molecule has 0 aliphatic heterocycles. The van der Waals surface area contributed by atoms with Crippen LogP contribution in [0.2, 0.25) is 0 Å². The summed E-state index contributed by atoms with van der Waals surface area (Å²) in [6.07, 6.45) is -2.12. The molecule has 9 heteroatoms. The van der Waals surface area contributed by atoms with Crippen LogP contribution in [0, 0.1) is 13.8 Å². The molecule has 0 spiro atoms. The van der Waals surface area contributed by atoms with E-state index in [9.17, 15) is 18.0 Å². The average Bonchev–Trinajstić information content (AvgIpc) is 3.27. The Labute approximate surface area is 155 Å². The molecular formula is C18H24F3N5O. The zero-order chi connectivity index (χ0) is 19.8. The summed E-state index contributed by atoms with van der Waals surface area (Å²) in [5.41, 5.74) is 1.85. The lowest BCUT2D eigenvalue weighted by molar-refractivity contribution is -0.141. The quantitative estimate of drug-likeness (QED) is 0.745. The van der Waals surface area contributed by atoms with Gasteiger partial charge in [0.2, 0.25) is 0 Å². The molecule has 0 atom stereocenters. The Morgan fingerprint density at radius 2 is 1.96 bits per heavy atom. The number of hydrogen-bond donors (Lipinski definition) is 1. The van der Waals surface area contributed by atoms with Crippen LogP contribution in [-0.4, -0.2) is 32.0 Å². The molecular weight excluding hydrogens is 359 g/mol. The van der Waals surface area contributed by atoms with E-state index in [1.54, 1.807) is 11.6 Å². The lowest BCUT2D eigenvalue weighted by atomic mass is 10.2. The first-order chi connectivity index (χ1) is 12.7. The fraction of sp³-hybridized carbons (Fsp3) is 0.611. The normalized spacial score (nSPS) is 14.6. The SMILES string of the molecule is CCn1nc(C)c(C(=O)NCCCn2nc(C(F)(F)F)cc2C2CC2)c1C. The highest BCUT2D eigenvalue weighted by molar-refractivity contribution is 5.96. The first kappa shape index (κ1) is 19.4. The Balaban J connectivity index is 1.58. The molecule has 2 heterocycles. The maximum Gasteiger partial charge on any atom is 0.435 e. The molecule has 0 aromatic carbocycles. The molecule has 1 N–H and O–H groups in total. The molecule has 2 aromatic heterocycles. The highest BCUT2D eigenvalue weighted by atomic mass is 19.4. The third-order valence-corrected chi connectivity index (χ3v) is 4.84. The van der Waals surface area contributed by atoms with Crippen molar-refractivity contribution in [3.63, 3.8) is 0 Å². The Morgan fingerprint density at radius 3 is 2.52 bits per heavy atom. The van der Waals surface area contributed by atoms with Gasteiger partial charge in [-0.25, -0.2) is 0 Å². The molecule has 148 valence electrons. The fourth-order valence-electron chi connectivity index (χ4n) is 3.31. The highest BCUT2D eigenvalue weighted by Gasteiger charge is 2.37. The van der Waals surface area contributed by atoms with Crippen molar-refractivity contribution >= 4 is 5.91 Å². The zero-order valence-electron chi connectivity index (χ0n) is 15.7. The maximum absolute atomic E-state index is 12.9. The molecule has 0 saturated heterocycles. The zero-order valence-corrected chi connectivity index (χ0v) is 15.7. The van der Waals surface area contributed by atoms with Gasteiger partial charge in [-0.05, 0) is 46.1 Å². The second-order valence-corrected chi connectivity index (χ2v) is 6.92. The predicted octanol–water partition coefficient (Wildman–Crippen LogP) is 3.43. The van der Waals surface area contributed by atoms with Crippen LogP contribution in [0.1, 0.15) is 65.2 Å². The molecule has 6 nitrogen and oxygen atoms in total. The number of carbonyl (C=O) groups is 1. The number of hydrogen-bond acceptors (Lipinski definition) is 3. The van der Waals surface area contributed by atoms with E-state index in [2.05, 4.69) is 15.5 Å². The third-order valence-electron chi connectivity index (χ3n) is 4.84. The molecule has 27 heavy (non-hydrogen) atoms. The summed E-state index contributed by atoms with van der Waals surface area (Å²) in [4.78, 5) is 12.4. The standard InChI is InChI=1S/C18H24F3N5O/c1-4-25-12(3)16(11(2)23-25)17(27)22-8-5-9-26-14(13-6-7-13)10-15(24-26)18(19,20)21/h10,13H,4-9H2,1-3H3,(H,22,27). The van der Waals surface area contributed by atoms with Crippen molar-refractivity contribution in [3.8, 4) is 0 Å². The van der Waals surface area contributed by atoms with E-state index in [-0.39, 0.29) is 11.8 Å². The van der Waals surface area contributed by atoms with E-state index >= 15 is 0 Å². The Hall–Kier alpha value is -2.32. The van der Waals surface area contributed by atoms with Crippen LogP contribution < -0.4 is 5.32 Å². The van der Waals surface area contributed by atoms with Crippen molar-refractivity contribution in [2.45, 2.75) is 65.2 Å². The van der Waals surface area contributed by atoms with Crippen LogP contribution in [0.25, 0.3) is 0 Å². The number of amides is 1. The first-order valence-electron chi connectivity index (χ1n) is 9.19.